The quantitative estimate of drug-likeness (QED) is 0.600. The van der Waals surface area contributed by atoms with Gasteiger partial charge in [-0.2, -0.15) is 0 Å². The number of urea groups is 1. The molecule has 2 heterocycles. The molecule has 3 rings (SSSR count). The van der Waals surface area contributed by atoms with Crippen LogP contribution in [-0.2, 0) is 9.59 Å². The molecule has 1 aliphatic heterocycles. The molecule has 0 radical (unpaired) electrons. The molecule has 1 saturated heterocycles. The van der Waals surface area contributed by atoms with Gasteiger partial charge in [0, 0.05) is 16.4 Å². The van der Waals surface area contributed by atoms with Gasteiger partial charge in [-0.3, -0.25) is 9.59 Å². The number of benzene rings is 1. The first kappa shape index (κ1) is 19.0. The van der Waals surface area contributed by atoms with Crippen molar-refractivity contribution >= 4 is 47.2 Å². The standard InChI is InChI=1S/C18H15Cl2N3O4/c1-9-5-11(6-14-17(26)22(8-16(24)25)18(27)21-14)10(2)23(9)15-7-12(19)3-4-13(15)20/h3-7H,8H2,1-2H3,(H,21,27)(H,24,25)/b14-6+. The summed E-state index contributed by atoms with van der Waals surface area (Å²) >= 11 is 12.4. The second kappa shape index (κ2) is 7.09. The summed E-state index contributed by atoms with van der Waals surface area (Å²) in [6.45, 7) is 3.02. The molecule has 140 valence electrons. The summed E-state index contributed by atoms with van der Waals surface area (Å²) in [4.78, 5) is 35.6. The van der Waals surface area contributed by atoms with Crippen molar-refractivity contribution in [2.24, 2.45) is 0 Å². The minimum absolute atomic E-state index is 0.0127. The molecule has 1 fully saturated rings. The number of carboxylic acid groups (broad SMARTS) is 1. The highest BCUT2D eigenvalue weighted by Crippen LogP contribution is 2.30. The zero-order valence-electron chi connectivity index (χ0n) is 14.4. The molecule has 7 nitrogen and oxygen atoms in total. The molecule has 1 aromatic carbocycles. The summed E-state index contributed by atoms with van der Waals surface area (Å²) in [6, 6.07) is 6.19. The van der Waals surface area contributed by atoms with Crippen LogP contribution in [-0.4, -0.2) is 39.0 Å². The minimum atomic E-state index is -1.27. The van der Waals surface area contributed by atoms with Gasteiger partial charge >= 0.3 is 12.0 Å². The van der Waals surface area contributed by atoms with Crippen molar-refractivity contribution in [1.29, 1.82) is 0 Å². The molecule has 1 aliphatic rings. The van der Waals surface area contributed by atoms with E-state index in [9.17, 15) is 14.4 Å². The third-order valence-electron chi connectivity index (χ3n) is 4.17. The predicted molar refractivity (Wildman–Crippen MR) is 101 cm³/mol. The normalized spacial score (nSPS) is 15.6. The van der Waals surface area contributed by atoms with Crippen molar-refractivity contribution in [3.63, 3.8) is 0 Å². The highest BCUT2D eigenvalue weighted by Gasteiger charge is 2.35. The van der Waals surface area contributed by atoms with Gasteiger partial charge in [0.1, 0.15) is 12.2 Å². The van der Waals surface area contributed by atoms with Gasteiger partial charge in [0.2, 0.25) is 0 Å². The van der Waals surface area contributed by atoms with Gasteiger partial charge in [0.25, 0.3) is 5.91 Å². The molecule has 0 spiro atoms. The summed E-state index contributed by atoms with van der Waals surface area (Å²) < 4.78 is 1.89. The second-order valence-electron chi connectivity index (χ2n) is 6.03. The number of carbonyl (C=O) groups excluding carboxylic acids is 2. The van der Waals surface area contributed by atoms with Gasteiger partial charge in [-0.1, -0.05) is 23.2 Å². The topological polar surface area (TPSA) is 91.6 Å². The first-order chi connectivity index (χ1) is 12.7. The lowest BCUT2D eigenvalue weighted by Crippen LogP contribution is -2.35. The maximum Gasteiger partial charge on any atom is 0.329 e. The first-order valence-electron chi connectivity index (χ1n) is 7.89. The number of nitrogens with zero attached hydrogens (tertiary/aromatic N) is 2. The number of nitrogens with one attached hydrogen (secondary N) is 1. The number of hydrogen-bond donors (Lipinski definition) is 2. The van der Waals surface area contributed by atoms with E-state index in [0.29, 0.717) is 26.2 Å². The number of aromatic nitrogens is 1. The van der Waals surface area contributed by atoms with Gasteiger partial charge in [0.15, 0.2) is 0 Å². The molecule has 0 unspecified atom stereocenters. The van der Waals surface area contributed by atoms with E-state index in [1.54, 1.807) is 18.2 Å². The van der Waals surface area contributed by atoms with Crippen molar-refractivity contribution in [2.75, 3.05) is 6.54 Å². The number of hydrogen-bond acceptors (Lipinski definition) is 3. The monoisotopic (exact) mass is 407 g/mol. The molecule has 0 saturated carbocycles. The molecule has 2 aromatic rings. The van der Waals surface area contributed by atoms with Crippen molar-refractivity contribution in [1.82, 2.24) is 14.8 Å². The molecule has 9 heteroatoms. The lowest BCUT2D eigenvalue weighted by molar-refractivity contribution is -0.140. The Bertz CT molecular complexity index is 1010. The average molecular weight is 408 g/mol. The van der Waals surface area contributed by atoms with Crippen LogP contribution >= 0.6 is 23.2 Å². The van der Waals surface area contributed by atoms with Crippen molar-refractivity contribution in [3.05, 3.63) is 57.0 Å². The number of aryl methyl sites for hydroxylation is 1. The lowest BCUT2D eigenvalue weighted by Gasteiger charge is -2.12. The van der Waals surface area contributed by atoms with Crippen LogP contribution in [0.15, 0.2) is 30.0 Å². The zero-order chi connectivity index (χ0) is 19.9. The van der Waals surface area contributed by atoms with Crippen LogP contribution in [0.25, 0.3) is 11.8 Å². The Morgan fingerprint density at radius 3 is 2.59 bits per heavy atom. The van der Waals surface area contributed by atoms with Gasteiger partial charge in [-0.05, 0) is 49.8 Å². The van der Waals surface area contributed by atoms with Crippen LogP contribution in [0.4, 0.5) is 4.79 Å². The molecule has 1 aromatic heterocycles. The fraction of sp³-hybridized carbons (Fsp3) is 0.167. The van der Waals surface area contributed by atoms with E-state index in [1.807, 2.05) is 24.5 Å². The third-order valence-corrected chi connectivity index (χ3v) is 4.73. The predicted octanol–water partition coefficient (Wildman–Crippen LogP) is 3.38. The molecular weight excluding hydrogens is 393 g/mol. The maximum atomic E-state index is 12.3. The molecule has 0 bridgehead atoms. The number of rotatable bonds is 4. The minimum Gasteiger partial charge on any atom is -0.480 e. The number of carboxylic acids is 1. The summed E-state index contributed by atoms with van der Waals surface area (Å²) in [7, 11) is 0. The van der Waals surface area contributed by atoms with Crippen LogP contribution in [0.5, 0.6) is 0 Å². The van der Waals surface area contributed by atoms with Crippen molar-refractivity contribution < 1.29 is 19.5 Å². The number of halogens is 2. The summed E-state index contributed by atoms with van der Waals surface area (Å²) in [5.74, 6) is -1.96. The second-order valence-corrected chi connectivity index (χ2v) is 6.87. The first-order valence-corrected chi connectivity index (χ1v) is 8.65. The van der Waals surface area contributed by atoms with Gasteiger partial charge in [0.05, 0.1) is 10.7 Å². The molecule has 27 heavy (non-hydrogen) atoms. The number of imide groups is 1. The van der Waals surface area contributed by atoms with Gasteiger partial charge in [-0.25, -0.2) is 9.69 Å². The van der Waals surface area contributed by atoms with E-state index in [4.69, 9.17) is 28.3 Å². The Balaban J connectivity index is 2.02. The summed E-state index contributed by atoms with van der Waals surface area (Å²) in [5.41, 5.74) is 3.02. The lowest BCUT2D eigenvalue weighted by atomic mass is 10.2. The molecule has 3 amide bonds. The Hall–Kier alpha value is -2.77. The summed E-state index contributed by atoms with van der Waals surface area (Å²) in [6.07, 6.45) is 1.51. The average Bonchev–Trinajstić information content (AvgIpc) is 3.00. The van der Waals surface area contributed by atoms with E-state index in [0.717, 1.165) is 11.4 Å². The van der Waals surface area contributed by atoms with Crippen LogP contribution in [0, 0.1) is 13.8 Å². The SMILES string of the molecule is Cc1cc(/C=C2/NC(=O)N(CC(=O)O)C2=O)c(C)n1-c1cc(Cl)ccc1Cl. The Kier molecular flexibility index (Phi) is 4.99. The Morgan fingerprint density at radius 1 is 1.22 bits per heavy atom. The van der Waals surface area contributed by atoms with Crippen molar-refractivity contribution in [3.8, 4) is 5.69 Å². The van der Waals surface area contributed by atoms with E-state index in [2.05, 4.69) is 5.32 Å². The van der Waals surface area contributed by atoms with Crippen LogP contribution < -0.4 is 5.32 Å². The molecular formula is C18H15Cl2N3O4. The van der Waals surface area contributed by atoms with E-state index in [1.165, 1.54) is 6.08 Å². The Morgan fingerprint density at radius 2 is 1.93 bits per heavy atom. The van der Waals surface area contributed by atoms with E-state index < -0.39 is 24.5 Å². The van der Waals surface area contributed by atoms with Crippen LogP contribution in [0.3, 0.4) is 0 Å². The fourth-order valence-electron chi connectivity index (χ4n) is 2.97. The third kappa shape index (κ3) is 3.56. The highest BCUT2D eigenvalue weighted by atomic mass is 35.5. The van der Waals surface area contributed by atoms with Gasteiger partial charge in [-0.15, -0.1) is 0 Å². The molecule has 0 atom stereocenters. The van der Waals surface area contributed by atoms with Crippen molar-refractivity contribution in [2.45, 2.75) is 13.8 Å². The highest BCUT2D eigenvalue weighted by molar-refractivity contribution is 6.34. The largest absolute Gasteiger partial charge is 0.480 e. The number of carbonyl (C=O) groups is 3. The number of amides is 3. The van der Waals surface area contributed by atoms with Crippen LogP contribution in [0.1, 0.15) is 17.0 Å². The maximum absolute atomic E-state index is 12.3. The smallest absolute Gasteiger partial charge is 0.329 e. The molecule has 2 N–H and O–H groups in total. The van der Waals surface area contributed by atoms with Gasteiger partial charge < -0.3 is 15.0 Å². The fourth-order valence-corrected chi connectivity index (χ4v) is 3.34. The zero-order valence-corrected chi connectivity index (χ0v) is 15.9. The summed E-state index contributed by atoms with van der Waals surface area (Å²) in [5, 5.41) is 12.3. The van der Waals surface area contributed by atoms with Crippen LogP contribution in [0.2, 0.25) is 10.0 Å². The van der Waals surface area contributed by atoms with E-state index >= 15 is 0 Å². The van der Waals surface area contributed by atoms with E-state index in [-0.39, 0.29) is 5.70 Å². The number of aliphatic carboxylic acids is 1. The Labute approximate surface area is 164 Å². The molecule has 0 aliphatic carbocycles.